The van der Waals surface area contributed by atoms with Crippen LogP contribution in [0.15, 0.2) is 54.1 Å². The standard InChI is InChI=1S/C26H30O3/c1-25-14-12-19(29-24(28)17-6-4-3-5-7-17)16-18(25)8-9-20-21-10-11-23(27)26(21,2)15-13-22(20)25/h3-8,10-11,19-22H,9,12-16H2,1-2H3/t19-,20-,21+,22-,25-,26-/m0/s1. The lowest BCUT2D eigenvalue weighted by Gasteiger charge is -2.56. The van der Waals surface area contributed by atoms with Crippen molar-refractivity contribution in [1.29, 1.82) is 0 Å². The molecule has 5 rings (SSSR count). The first-order chi connectivity index (χ1) is 13.9. The Morgan fingerprint density at radius 2 is 1.83 bits per heavy atom. The molecule has 0 N–H and O–H groups in total. The average Bonchev–Trinajstić information content (AvgIpc) is 3.03. The summed E-state index contributed by atoms with van der Waals surface area (Å²) in [7, 11) is 0. The van der Waals surface area contributed by atoms with Gasteiger partial charge in [-0.15, -0.1) is 0 Å². The summed E-state index contributed by atoms with van der Waals surface area (Å²) in [6.07, 6.45) is 12.5. The van der Waals surface area contributed by atoms with Crippen LogP contribution in [-0.2, 0) is 9.53 Å². The number of hydrogen-bond donors (Lipinski definition) is 0. The Morgan fingerprint density at radius 1 is 1.07 bits per heavy atom. The predicted molar refractivity (Wildman–Crippen MR) is 112 cm³/mol. The number of allylic oxidation sites excluding steroid dienone is 3. The van der Waals surface area contributed by atoms with Gasteiger partial charge in [0.25, 0.3) is 0 Å². The normalized spacial score (nSPS) is 40.5. The number of esters is 1. The molecule has 1 aromatic carbocycles. The topological polar surface area (TPSA) is 43.4 Å². The fourth-order valence-electron chi connectivity index (χ4n) is 6.80. The maximum absolute atomic E-state index is 12.5. The Balaban J connectivity index is 1.34. The fraction of sp³-hybridized carbons (Fsp3) is 0.538. The highest BCUT2D eigenvalue weighted by Crippen LogP contribution is 2.62. The van der Waals surface area contributed by atoms with Crippen LogP contribution in [0.25, 0.3) is 0 Å². The van der Waals surface area contributed by atoms with Crippen molar-refractivity contribution in [3.63, 3.8) is 0 Å². The highest BCUT2D eigenvalue weighted by Gasteiger charge is 2.57. The monoisotopic (exact) mass is 390 g/mol. The first-order valence-corrected chi connectivity index (χ1v) is 11.1. The molecular formula is C26H30O3. The molecule has 2 saturated carbocycles. The minimum Gasteiger partial charge on any atom is -0.458 e. The number of ether oxygens (including phenoxy) is 1. The van der Waals surface area contributed by atoms with Crippen molar-refractivity contribution in [3.05, 3.63) is 59.7 Å². The van der Waals surface area contributed by atoms with E-state index >= 15 is 0 Å². The lowest BCUT2D eigenvalue weighted by atomic mass is 9.48. The van der Waals surface area contributed by atoms with Gasteiger partial charge in [-0.3, -0.25) is 4.79 Å². The summed E-state index contributed by atoms with van der Waals surface area (Å²) in [5, 5.41) is 0. The van der Waals surface area contributed by atoms with Crippen LogP contribution >= 0.6 is 0 Å². The molecule has 0 heterocycles. The van der Waals surface area contributed by atoms with E-state index in [0.29, 0.717) is 29.1 Å². The first kappa shape index (κ1) is 18.8. The van der Waals surface area contributed by atoms with Crippen LogP contribution in [0.1, 0.15) is 62.7 Å². The van der Waals surface area contributed by atoms with Gasteiger partial charge in [0.2, 0.25) is 0 Å². The molecule has 152 valence electrons. The van der Waals surface area contributed by atoms with Crippen molar-refractivity contribution in [2.75, 3.05) is 0 Å². The summed E-state index contributed by atoms with van der Waals surface area (Å²) >= 11 is 0. The zero-order valence-electron chi connectivity index (χ0n) is 17.4. The van der Waals surface area contributed by atoms with Crippen LogP contribution in [0.4, 0.5) is 0 Å². The Bertz CT molecular complexity index is 898. The van der Waals surface area contributed by atoms with E-state index in [1.54, 1.807) is 0 Å². The van der Waals surface area contributed by atoms with Crippen LogP contribution in [0.2, 0.25) is 0 Å². The van der Waals surface area contributed by atoms with E-state index in [0.717, 1.165) is 38.5 Å². The van der Waals surface area contributed by atoms with E-state index in [1.165, 1.54) is 5.57 Å². The van der Waals surface area contributed by atoms with Gasteiger partial charge >= 0.3 is 5.97 Å². The second kappa shape index (κ2) is 6.68. The van der Waals surface area contributed by atoms with Crippen LogP contribution in [0.5, 0.6) is 0 Å². The lowest BCUT2D eigenvalue weighted by Crippen LogP contribution is -2.50. The Labute approximate surface area is 173 Å². The number of carbonyl (C=O) groups is 2. The average molecular weight is 391 g/mol. The van der Waals surface area contributed by atoms with E-state index in [1.807, 2.05) is 36.4 Å². The molecule has 0 aliphatic heterocycles. The minimum atomic E-state index is -0.212. The molecule has 0 aromatic heterocycles. The van der Waals surface area contributed by atoms with E-state index in [4.69, 9.17) is 4.74 Å². The molecule has 0 amide bonds. The molecule has 29 heavy (non-hydrogen) atoms. The zero-order chi connectivity index (χ0) is 20.2. The maximum atomic E-state index is 12.5. The molecule has 2 fully saturated rings. The summed E-state index contributed by atoms with van der Waals surface area (Å²) in [6, 6.07) is 9.29. The van der Waals surface area contributed by atoms with Crippen molar-refractivity contribution in [2.24, 2.45) is 28.6 Å². The summed E-state index contributed by atoms with van der Waals surface area (Å²) in [4.78, 5) is 25.0. The molecule has 0 saturated heterocycles. The van der Waals surface area contributed by atoms with Gasteiger partial charge in [-0.1, -0.05) is 49.8 Å². The zero-order valence-corrected chi connectivity index (χ0v) is 17.4. The van der Waals surface area contributed by atoms with Gasteiger partial charge in [0.15, 0.2) is 5.78 Å². The van der Waals surface area contributed by atoms with Crippen LogP contribution < -0.4 is 0 Å². The molecule has 0 radical (unpaired) electrons. The van der Waals surface area contributed by atoms with Crippen LogP contribution in [-0.4, -0.2) is 17.9 Å². The van der Waals surface area contributed by atoms with Gasteiger partial charge in [0.1, 0.15) is 6.10 Å². The molecule has 0 bridgehead atoms. The van der Waals surface area contributed by atoms with Crippen molar-refractivity contribution < 1.29 is 14.3 Å². The van der Waals surface area contributed by atoms with Crippen molar-refractivity contribution in [1.82, 2.24) is 0 Å². The molecule has 4 aliphatic carbocycles. The number of rotatable bonds is 2. The SMILES string of the molecule is C[C@]12CC[C@H](OC(=O)c3ccccc3)CC1=CC[C@H]1[C@H]3C=CC(=O)[C@@]3(C)CC[C@@H]12. The van der Waals surface area contributed by atoms with Gasteiger partial charge in [0, 0.05) is 11.8 Å². The van der Waals surface area contributed by atoms with Gasteiger partial charge in [-0.05, 0) is 73.5 Å². The first-order valence-electron chi connectivity index (χ1n) is 11.1. The number of carbonyl (C=O) groups excluding carboxylic acids is 2. The lowest BCUT2D eigenvalue weighted by molar-refractivity contribution is -0.129. The fourth-order valence-corrected chi connectivity index (χ4v) is 6.80. The molecule has 3 heteroatoms. The second-order valence-corrected chi connectivity index (χ2v) is 9.99. The predicted octanol–water partition coefficient (Wildman–Crippen LogP) is 5.52. The Kier molecular flexibility index (Phi) is 4.34. The summed E-state index contributed by atoms with van der Waals surface area (Å²) in [5.74, 6) is 1.70. The van der Waals surface area contributed by atoms with Crippen LogP contribution in [0, 0.1) is 28.6 Å². The van der Waals surface area contributed by atoms with Gasteiger partial charge < -0.3 is 4.74 Å². The maximum Gasteiger partial charge on any atom is 0.338 e. The number of fused-ring (bicyclic) bond motifs is 5. The molecule has 3 nitrogen and oxygen atoms in total. The van der Waals surface area contributed by atoms with Gasteiger partial charge in [0.05, 0.1) is 5.56 Å². The van der Waals surface area contributed by atoms with E-state index in [-0.39, 0.29) is 22.9 Å². The third-order valence-electron chi connectivity index (χ3n) is 8.61. The molecule has 1 aromatic rings. The molecule has 4 aliphatic rings. The van der Waals surface area contributed by atoms with E-state index in [2.05, 4.69) is 26.0 Å². The quantitative estimate of drug-likeness (QED) is 0.493. The third-order valence-corrected chi connectivity index (χ3v) is 8.61. The number of ketones is 1. The largest absolute Gasteiger partial charge is 0.458 e. The summed E-state index contributed by atoms with van der Waals surface area (Å²) < 4.78 is 5.87. The number of benzene rings is 1. The van der Waals surface area contributed by atoms with E-state index in [9.17, 15) is 9.59 Å². The smallest absolute Gasteiger partial charge is 0.338 e. The minimum absolute atomic E-state index is 0.0274. The van der Waals surface area contributed by atoms with E-state index < -0.39 is 0 Å². The molecule has 6 atom stereocenters. The summed E-state index contributed by atoms with van der Waals surface area (Å²) in [5.41, 5.74) is 2.11. The molecular weight excluding hydrogens is 360 g/mol. The van der Waals surface area contributed by atoms with Gasteiger partial charge in [-0.25, -0.2) is 4.79 Å². The van der Waals surface area contributed by atoms with Crippen molar-refractivity contribution >= 4 is 11.8 Å². The van der Waals surface area contributed by atoms with Crippen molar-refractivity contribution in [2.45, 2.75) is 58.5 Å². The van der Waals surface area contributed by atoms with Crippen molar-refractivity contribution in [3.8, 4) is 0 Å². The molecule has 0 unspecified atom stereocenters. The van der Waals surface area contributed by atoms with Gasteiger partial charge in [-0.2, -0.15) is 0 Å². The third kappa shape index (κ3) is 2.85. The highest BCUT2D eigenvalue weighted by atomic mass is 16.5. The second-order valence-electron chi connectivity index (χ2n) is 9.99. The Morgan fingerprint density at radius 3 is 2.62 bits per heavy atom. The summed E-state index contributed by atoms with van der Waals surface area (Å²) in [6.45, 7) is 4.60. The Hall–Kier alpha value is -2.16. The molecule has 0 spiro atoms. The van der Waals surface area contributed by atoms with Crippen LogP contribution in [0.3, 0.4) is 0 Å². The number of hydrogen-bond acceptors (Lipinski definition) is 3. The highest BCUT2D eigenvalue weighted by molar-refractivity contribution is 5.97.